The second-order valence-electron chi connectivity index (χ2n) is 8.04. The summed E-state index contributed by atoms with van der Waals surface area (Å²) in [4.78, 5) is 56.4. The summed E-state index contributed by atoms with van der Waals surface area (Å²) in [6, 6.07) is 4.97. The molecule has 0 aliphatic carbocycles. The van der Waals surface area contributed by atoms with Crippen molar-refractivity contribution in [3.8, 4) is 0 Å². The first-order valence-corrected chi connectivity index (χ1v) is 13.8. The SMILES string of the molecule is CC(=O)Nc1ccc(CP(=O)(O)OP(=O)(O)OC[C@H]2O[C@@H](n3ccc(=O)[nH]c3=O)[C@@H](O)C2O)cc1CO. The molecule has 37 heavy (non-hydrogen) atoms. The van der Waals surface area contributed by atoms with E-state index in [0.29, 0.717) is 0 Å². The second-order valence-corrected chi connectivity index (χ2v) is 11.5. The number of nitrogens with one attached hydrogen (secondary N) is 2. The van der Waals surface area contributed by atoms with Gasteiger partial charge in [-0.25, -0.2) is 13.7 Å². The van der Waals surface area contributed by atoms with Crippen molar-refractivity contribution < 1.29 is 52.6 Å². The van der Waals surface area contributed by atoms with E-state index in [2.05, 4.69) is 14.2 Å². The number of ether oxygens (including phenoxy) is 1. The van der Waals surface area contributed by atoms with Gasteiger partial charge in [0.1, 0.15) is 18.3 Å². The van der Waals surface area contributed by atoms with Crippen molar-refractivity contribution >= 4 is 27.0 Å². The van der Waals surface area contributed by atoms with Crippen LogP contribution in [0.25, 0.3) is 0 Å². The van der Waals surface area contributed by atoms with Gasteiger partial charge in [0.15, 0.2) is 6.23 Å². The van der Waals surface area contributed by atoms with Crippen molar-refractivity contribution in [1.82, 2.24) is 9.55 Å². The fraction of sp³-hybridized carbons (Fsp3) is 0.421. The molecule has 1 fully saturated rings. The first-order chi connectivity index (χ1) is 17.2. The van der Waals surface area contributed by atoms with E-state index in [-0.39, 0.29) is 16.8 Å². The average Bonchev–Trinajstić information content (AvgIpc) is 3.06. The quantitative estimate of drug-likeness (QED) is 0.173. The number of carbonyl (C=O) groups excluding carboxylic acids is 1. The van der Waals surface area contributed by atoms with Gasteiger partial charge in [0, 0.05) is 30.4 Å². The zero-order chi connectivity index (χ0) is 27.5. The number of H-pyrrole nitrogens is 1. The van der Waals surface area contributed by atoms with E-state index in [1.165, 1.54) is 25.1 Å². The number of phosphoric ester groups is 1. The van der Waals surface area contributed by atoms with Crippen LogP contribution >= 0.6 is 15.4 Å². The van der Waals surface area contributed by atoms with Crippen LogP contribution in [0.2, 0.25) is 0 Å². The number of aliphatic hydroxyl groups is 3. The highest BCUT2D eigenvalue weighted by atomic mass is 31.3. The molecule has 3 rings (SSSR count). The standard InChI is InChI=1S/C19H25N3O13P2/c1-10(24)20-13-3-2-11(6-12(13)7-23)9-36(29,30)35-37(31,32)33-8-14-16(26)17(27)18(34-14)22-5-4-15(25)21-19(22)28/h2-6,14,16-18,23,26-27H,7-9H2,1H3,(H,20,24)(H,29,30)(H,31,32)(H,21,25,28)/t14-,16?,17+,18-/m1/s1. The Morgan fingerprint density at radius 3 is 2.51 bits per heavy atom. The van der Waals surface area contributed by atoms with Crippen molar-refractivity contribution in [1.29, 1.82) is 0 Å². The summed E-state index contributed by atoms with van der Waals surface area (Å²) in [6.07, 6.45) is -6.08. The van der Waals surface area contributed by atoms with Crippen molar-refractivity contribution in [3.05, 3.63) is 62.4 Å². The van der Waals surface area contributed by atoms with Crippen molar-refractivity contribution in [2.24, 2.45) is 0 Å². The van der Waals surface area contributed by atoms with Gasteiger partial charge in [0.25, 0.3) is 5.56 Å². The molecule has 3 unspecified atom stereocenters. The van der Waals surface area contributed by atoms with Crippen LogP contribution in [-0.2, 0) is 40.3 Å². The Hall–Kier alpha value is -2.49. The normalized spacial score (nSPS) is 24.8. The molecule has 2 aromatic rings. The Balaban J connectivity index is 1.64. The van der Waals surface area contributed by atoms with Gasteiger partial charge in [0.05, 0.1) is 19.4 Å². The largest absolute Gasteiger partial charge is 0.479 e. The molecule has 7 N–H and O–H groups in total. The van der Waals surface area contributed by atoms with Crippen molar-refractivity contribution in [2.75, 3.05) is 11.9 Å². The summed E-state index contributed by atoms with van der Waals surface area (Å²) in [6.45, 7) is -0.145. The predicted molar refractivity (Wildman–Crippen MR) is 124 cm³/mol. The molecule has 1 aromatic heterocycles. The Labute approximate surface area is 208 Å². The molecular formula is C19H25N3O13P2. The van der Waals surface area contributed by atoms with Crippen LogP contribution in [0.5, 0.6) is 0 Å². The molecule has 2 heterocycles. The number of anilines is 1. The number of hydrogen-bond acceptors (Lipinski definition) is 11. The Morgan fingerprint density at radius 2 is 1.89 bits per heavy atom. The van der Waals surface area contributed by atoms with E-state index < -0.39 is 76.5 Å². The smallest absolute Gasteiger partial charge is 0.392 e. The fourth-order valence-electron chi connectivity index (χ4n) is 3.52. The van der Waals surface area contributed by atoms with Crippen LogP contribution in [0.3, 0.4) is 0 Å². The highest BCUT2D eigenvalue weighted by Crippen LogP contribution is 2.61. The number of aromatic amines is 1. The molecule has 0 saturated carbocycles. The summed E-state index contributed by atoms with van der Waals surface area (Å²) in [5.41, 5.74) is -1.04. The maximum atomic E-state index is 12.5. The molecular weight excluding hydrogens is 540 g/mol. The lowest BCUT2D eigenvalue weighted by atomic mass is 10.1. The minimum absolute atomic E-state index is 0.135. The molecule has 16 nitrogen and oxygen atoms in total. The summed E-state index contributed by atoms with van der Waals surface area (Å²) in [5, 5.41) is 32.3. The van der Waals surface area contributed by atoms with E-state index in [1.54, 1.807) is 0 Å². The van der Waals surface area contributed by atoms with E-state index in [9.17, 15) is 48.6 Å². The van der Waals surface area contributed by atoms with Crippen LogP contribution in [0, 0.1) is 0 Å². The van der Waals surface area contributed by atoms with Crippen LogP contribution in [0.1, 0.15) is 24.3 Å². The van der Waals surface area contributed by atoms with E-state index in [4.69, 9.17) is 4.74 Å². The molecule has 1 amide bonds. The molecule has 1 aromatic carbocycles. The molecule has 0 bridgehead atoms. The molecule has 1 aliphatic heterocycles. The number of amides is 1. The van der Waals surface area contributed by atoms with Crippen LogP contribution < -0.4 is 16.6 Å². The second kappa shape index (κ2) is 11.5. The lowest BCUT2D eigenvalue weighted by molar-refractivity contribution is -0.114. The maximum absolute atomic E-state index is 12.5. The van der Waals surface area contributed by atoms with E-state index in [0.717, 1.165) is 16.8 Å². The zero-order valence-corrected chi connectivity index (χ0v) is 21.0. The van der Waals surface area contributed by atoms with Gasteiger partial charge < -0.3 is 35.2 Å². The zero-order valence-electron chi connectivity index (χ0n) is 19.2. The fourth-order valence-corrected chi connectivity index (χ4v) is 6.23. The lowest BCUT2D eigenvalue weighted by Gasteiger charge is -2.20. The van der Waals surface area contributed by atoms with Gasteiger partial charge >= 0.3 is 21.1 Å². The summed E-state index contributed by atoms with van der Waals surface area (Å²) >= 11 is 0. The number of aromatic nitrogens is 2. The maximum Gasteiger partial charge on any atom is 0.479 e. The minimum Gasteiger partial charge on any atom is -0.392 e. The third kappa shape index (κ3) is 7.52. The van der Waals surface area contributed by atoms with Gasteiger partial charge in [0.2, 0.25) is 5.91 Å². The number of aliphatic hydroxyl groups excluding tert-OH is 3. The molecule has 204 valence electrons. The Kier molecular flexibility index (Phi) is 9.03. The number of phosphoric acid groups is 1. The van der Waals surface area contributed by atoms with Crippen LogP contribution in [-0.4, -0.2) is 65.5 Å². The number of rotatable bonds is 10. The molecule has 1 aliphatic rings. The van der Waals surface area contributed by atoms with E-state index in [1.807, 2.05) is 4.98 Å². The van der Waals surface area contributed by atoms with E-state index >= 15 is 0 Å². The number of nitrogens with zero attached hydrogens (tertiary/aromatic N) is 1. The highest BCUT2D eigenvalue weighted by molar-refractivity contribution is 7.63. The van der Waals surface area contributed by atoms with Crippen molar-refractivity contribution in [3.63, 3.8) is 0 Å². The third-order valence-electron chi connectivity index (χ3n) is 5.13. The lowest BCUT2D eigenvalue weighted by Crippen LogP contribution is -2.37. The van der Waals surface area contributed by atoms with Gasteiger partial charge in [-0.15, -0.1) is 0 Å². The first-order valence-electron chi connectivity index (χ1n) is 10.5. The number of hydrogen-bond donors (Lipinski definition) is 7. The molecule has 0 spiro atoms. The van der Waals surface area contributed by atoms with Crippen LogP contribution in [0.15, 0.2) is 40.1 Å². The topological polar surface area (TPSA) is 247 Å². The first kappa shape index (κ1) is 29.1. The average molecular weight is 565 g/mol. The highest BCUT2D eigenvalue weighted by Gasteiger charge is 2.45. The molecule has 18 heteroatoms. The molecule has 1 saturated heterocycles. The Morgan fingerprint density at radius 1 is 1.19 bits per heavy atom. The van der Waals surface area contributed by atoms with Crippen LogP contribution in [0.4, 0.5) is 5.69 Å². The Bertz CT molecular complexity index is 1360. The minimum atomic E-state index is -5.21. The molecule has 0 radical (unpaired) electrons. The van der Waals surface area contributed by atoms with Gasteiger partial charge in [-0.1, -0.05) is 12.1 Å². The summed E-state index contributed by atoms with van der Waals surface area (Å²) in [7, 11) is -10.0. The van der Waals surface area contributed by atoms with Crippen molar-refractivity contribution in [2.45, 2.75) is 44.2 Å². The number of benzene rings is 1. The summed E-state index contributed by atoms with van der Waals surface area (Å²) in [5.74, 6) is -0.405. The number of carbonyl (C=O) groups is 1. The monoisotopic (exact) mass is 565 g/mol. The van der Waals surface area contributed by atoms with Gasteiger partial charge in [-0.3, -0.25) is 28.2 Å². The third-order valence-corrected chi connectivity index (χ3v) is 8.21. The van der Waals surface area contributed by atoms with Gasteiger partial charge in [-0.05, 0) is 11.6 Å². The summed E-state index contributed by atoms with van der Waals surface area (Å²) < 4.78 is 40.0. The predicted octanol–water partition coefficient (Wildman–Crippen LogP) is -0.874. The van der Waals surface area contributed by atoms with Gasteiger partial charge in [-0.2, -0.15) is 0 Å². The molecule has 6 atom stereocenters.